The van der Waals surface area contributed by atoms with Gasteiger partial charge >= 0.3 is 0 Å². The average molecular weight is 286 g/mol. The van der Waals surface area contributed by atoms with Gasteiger partial charge in [-0.3, -0.25) is 0 Å². The van der Waals surface area contributed by atoms with Crippen LogP contribution >= 0.6 is 11.3 Å². The second-order valence-corrected chi connectivity index (χ2v) is 5.77. The molecule has 0 N–H and O–H groups in total. The molecular weight excluding hydrogens is 268 g/mol. The van der Waals surface area contributed by atoms with Crippen LogP contribution in [0.2, 0.25) is 0 Å². The lowest BCUT2D eigenvalue weighted by Gasteiger charge is -2.28. The van der Waals surface area contributed by atoms with Crippen molar-refractivity contribution in [1.82, 2.24) is 0 Å². The smallest absolute Gasteiger partial charge is 0.121 e. The van der Waals surface area contributed by atoms with Crippen LogP contribution in [0, 0.1) is 11.3 Å². The largest absolute Gasteiger partial charge is 0.497 e. The summed E-state index contributed by atoms with van der Waals surface area (Å²) in [6.07, 6.45) is 0.968. The van der Waals surface area contributed by atoms with E-state index in [2.05, 4.69) is 35.4 Å². The molecule has 0 saturated heterocycles. The minimum atomic E-state index is 0.313. The minimum Gasteiger partial charge on any atom is -0.497 e. The molecule has 0 saturated carbocycles. The van der Waals surface area contributed by atoms with Gasteiger partial charge in [0.05, 0.1) is 18.4 Å². The van der Waals surface area contributed by atoms with E-state index in [9.17, 15) is 5.26 Å². The summed E-state index contributed by atoms with van der Waals surface area (Å²) < 4.78 is 5.26. The molecule has 104 valence electrons. The maximum absolute atomic E-state index is 9.25. The monoisotopic (exact) mass is 286 g/mol. The van der Waals surface area contributed by atoms with Crippen molar-refractivity contribution < 1.29 is 4.74 Å². The van der Waals surface area contributed by atoms with Crippen molar-refractivity contribution in [3.05, 3.63) is 46.2 Å². The van der Waals surface area contributed by atoms with Crippen LogP contribution in [0.1, 0.15) is 17.4 Å². The molecule has 1 unspecified atom stereocenters. The first-order valence-electron chi connectivity index (χ1n) is 6.49. The van der Waals surface area contributed by atoms with E-state index in [4.69, 9.17) is 4.74 Å². The molecule has 0 bridgehead atoms. The quantitative estimate of drug-likeness (QED) is 0.841. The van der Waals surface area contributed by atoms with Crippen LogP contribution in [0.3, 0.4) is 0 Å². The van der Waals surface area contributed by atoms with Gasteiger partial charge in [0, 0.05) is 30.5 Å². The zero-order valence-corrected chi connectivity index (χ0v) is 12.8. The second-order valence-electron chi connectivity index (χ2n) is 4.74. The predicted octanol–water partition coefficient (Wildman–Crippen LogP) is 3.70. The normalized spacial score (nSPS) is 11.7. The van der Waals surface area contributed by atoms with Gasteiger partial charge in [-0.15, -0.1) is 11.3 Å². The molecule has 0 aliphatic carbocycles. The molecule has 3 nitrogen and oxygen atoms in total. The van der Waals surface area contributed by atoms with Gasteiger partial charge in [-0.2, -0.15) is 5.26 Å². The zero-order valence-electron chi connectivity index (χ0n) is 12.0. The summed E-state index contributed by atoms with van der Waals surface area (Å²) in [6.45, 7) is 2.17. The highest BCUT2D eigenvalue weighted by Crippen LogP contribution is 2.27. The number of hydrogen-bond acceptors (Lipinski definition) is 4. The molecule has 1 atom stereocenters. The molecule has 1 aromatic heterocycles. The number of nitrogens with zero attached hydrogens (tertiary/aromatic N) is 2. The number of nitriles is 1. The van der Waals surface area contributed by atoms with Crippen molar-refractivity contribution in [3.8, 4) is 11.8 Å². The van der Waals surface area contributed by atoms with Gasteiger partial charge in [-0.05, 0) is 30.5 Å². The third-order valence-corrected chi connectivity index (χ3v) is 4.34. The number of rotatable bonds is 5. The molecule has 2 rings (SSSR count). The maximum Gasteiger partial charge on any atom is 0.121 e. The molecule has 0 radical (unpaired) electrons. The first-order valence-corrected chi connectivity index (χ1v) is 7.37. The fourth-order valence-corrected chi connectivity index (χ4v) is 2.95. The van der Waals surface area contributed by atoms with Crippen molar-refractivity contribution in [2.24, 2.45) is 0 Å². The topological polar surface area (TPSA) is 36.3 Å². The summed E-state index contributed by atoms with van der Waals surface area (Å²) in [5.74, 6) is 0.772. The van der Waals surface area contributed by atoms with Gasteiger partial charge in [-0.1, -0.05) is 6.07 Å². The Balaban J connectivity index is 2.23. The summed E-state index contributed by atoms with van der Waals surface area (Å²) >= 11 is 1.77. The van der Waals surface area contributed by atoms with E-state index in [1.54, 1.807) is 18.4 Å². The van der Waals surface area contributed by atoms with E-state index in [1.807, 2.05) is 25.2 Å². The average Bonchev–Trinajstić information content (AvgIpc) is 2.98. The number of anilines is 1. The molecule has 20 heavy (non-hydrogen) atoms. The molecule has 0 aliphatic heterocycles. The number of thiophene rings is 1. The minimum absolute atomic E-state index is 0.313. The van der Waals surface area contributed by atoms with Crippen molar-refractivity contribution in [2.75, 3.05) is 19.1 Å². The summed E-state index contributed by atoms with van der Waals surface area (Å²) in [7, 11) is 3.66. The predicted molar refractivity (Wildman–Crippen MR) is 83.6 cm³/mol. The fourth-order valence-electron chi connectivity index (χ4n) is 2.12. The van der Waals surface area contributed by atoms with E-state index >= 15 is 0 Å². The van der Waals surface area contributed by atoms with E-state index in [-0.39, 0.29) is 0 Å². The Kier molecular flexibility index (Phi) is 4.65. The van der Waals surface area contributed by atoms with Gasteiger partial charge < -0.3 is 9.64 Å². The molecule has 0 spiro atoms. The Morgan fingerprint density at radius 1 is 1.40 bits per heavy atom. The summed E-state index contributed by atoms with van der Waals surface area (Å²) in [6, 6.07) is 12.3. The highest BCUT2D eigenvalue weighted by molar-refractivity contribution is 7.09. The summed E-state index contributed by atoms with van der Waals surface area (Å²) in [5.41, 5.74) is 1.59. The van der Waals surface area contributed by atoms with Crippen LogP contribution in [0.15, 0.2) is 35.7 Å². The molecule has 1 aromatic carbocycles. The lowest BCUT2D eigenvalue weighted by Crippen LogP contribution is -2.31. The zero-order chi connectivity index (χ0) is 14.5. The van der Waals surface area contributed by atoms with Gasteiger partial charge in [-0.25, -0.2) is 0 Å². The highest BCUT2D eigenvalue weighted by atomic mass is 32.1. The SMILES string of the molecule is COc1ccc(C#N)c(N(C)C(C)Cc2cccs2)c1. The van der Waals surface area contributed by atoms with E-state index in [0.717, 1.165) is 17.9 Å². The first-order chi connectivity index (χ1) is 9.65. The second kappa shape index (κ2) is 6.44. The highest BCUT2D eigenvalue weighted by Gasteiger charge is 2.15. The fraction of sp³-hybridized carbons (Fsp3) is 0.312. The van der Waals surface area contributed by atoms with Crippen molar-refractivity contribution >= 4 is 17.0 Å². The maximum atomic E-state index is 9.25. The standard InChI is InChI=1S/C16H18N2OS/c1-12(9-15-5-4-8-20-15)18(2)16-10-14(19-3)7-6-13(16)11-17/h4-8,10,12H,9H2,1-3H3. The lowest BCUT2D eigenvalue weighted by atomic mass is 10.1. The molecule has 0 fully saturated rings. The van der Waals surface area contributed by atoms with E-state index in [1.165, 1.54) is 4.88 Å². The Bertz CT molecular complexity index is 601. The summed E-state index contributed by atoms with van der Waals surface area (Å²) in [5, 5.41) is 11.3. The van der Waals surface area contributed by atoms with Crippen molar-refractivity contribution in [3.63, 3.8) is 0 Å². The number of hydrogen-bond donors (Lipinski definition) is 0. The van der Waals surface area contributed by atoms with Gasteiger partial charge in [0.25, 0.3) is 0 Å². The number of ether oxygens (including phenoxy) is 1. The van der Waals surface area contributed by atoms with Gasteiger partial charge in [0.15, 0.2) is 0 Å². The molecule has 2 aromatic rings. The number of methoxy groups -OCH3 is 1. The first kappa shape index (κ1) is 14.4. The number of likely N-dealkylation sites (N-methyl/N-ethyl adjacent to an activating group) is 1. The van der Waals surface area contributed by atoms with Crippen molar-refractivity contribution in [2.45, 2.75) is 19.4 Å². The number of benzene rings is 1. The van der Waals surface area contributed by atoms with Crippen LogP contribution in [-0.2, 0) is 6.42 Å². The summed E-state index contributed by atoms with van der Waals surface area (Å²) in [4.78, 5) is 3.49. The molecule has 1 heterocycles. The Morgan fingerprint density at radius 3 is 2.80 bits per heavy atom. The van der Waals surface area contributed by atoms with Crippen LogP contribution < -0.4 is 9.64 Å². The van der Waals surface area contributed by atoms with Crippen LogP contribution in [0.5, 0.6) is 5.75 Å². The lowest BCUT2D eigenvalue weighted by molar-refractivity contribution is 0.414. The van der Waals surface area contributed by atoms with E-state index in [0.29, 0.717) is 11.6 Å². The molecule has 0 amide bonds. The van der Waals surface area contributed by atoms with E-state index < -0.39 is 0 Å². The molecular formula is C16H18N2OS. The Hall–Kier alpha value is -1.99. The van der Waals surface area contributed by atoms with Crippen LogP contribution in [0.4, 0.5) is 5.69 Å². The third kappa shape index (κ3) is 3.12. The third-order valence-electron chi connectivity index (χ3n) is 3.44. The Morgan fingerprint density at radius 2 is 2.20 bits per heavy atom. The van der Waals surface area contributed by atoms with Gasteiger partial charge in [0.2, 0.25) is 0 Å². The van der Waals surface area contributed by atoms with Gasteiger partial charge in [0.1, 0.15) is 11.8 Å². The Labute approximate surface area is 124 Å². The molecule has 0 aliphatic rings. The van der Waals surface area contributed by atoms with Crippen LogP contribution in [0.25, 0.3) is 0 Å². The van der Waals surface area contributed by atoms with Crippen LogP contribution in [-0.4, -0.2) is 20.2 Å². The van der Waals surface area contributed by atoms with Crippen molar-refractivity contribution in [1.29, 1.82) is 5.26 Å². The molecule has 4 heteroatoms.